The second kappa shape index (κ2) is 6.89. The van der Waals surface area contributed by atoms with Gasteiger partial charge in [0.1, 0.15) is 25.1 Å². The molecule has 0 N–H and O–H groups in total. The van der Waals surface area contributed by atoms with Crippen LogP contribution in [0.4, 0.5) is 0 Å². The van der Waals surface area contributed by atoms with Crippen LogP contribution in [0.25, 0.3) is 12.2 Å². The summed E-state index contributed by atoms with van der Waals surface area (Å²) in [5.74, 6) is 2.45. The summed E-state index contributed by atoms with van der Waals surface area (Å²) in [4.78, 5) is 0. The quantitative estimate of drug-likeness (QED) is 0.621. The van der Waals surface area contributed by atoms with Crippen molar-refractivity contribution in [3.05, 3.63) is 47.5 Å². The van der Waals surface area contributed by atoms with Crippen molar-refractivity contribution in [3.63, 3.8) is 0 Å². The van der Waals surface area contributed by atoms with Gasteiger partial charge in [0, 0.05) is 11.6 Å². The van der Waals surface area contributed by atoms with Crippen LogP contribution in [-0.4, -0.2) is 29.2 Å². The van der Waals surface area contributed by atoms with Crippen molar-refractivity contribution in [1.82, 2.24) is 0 Å². The lowest BCUT2D eigenvalue weighted by Crippen LogP contribution is -2.10. The standard InChI is InChI=1S/C17H19BO3/c1-19-14-10-9-12(16(11-14)21-3)7-8-13-5-4-6-15(20-2)17(13)18/h4-11H,18H2,1-3H3/b8-7+. The fourth-order valence-electron chi connectivity index (χ4n) is 2.17. The lowest BCUT2D eigenvalue weighted by atomic mass is 9.89. The molecule has 0 saturated carbocycles. The fraction of sp³-hybridized carbons (Fsp3) is 0.176. The van der Waals surface area contributed by atoms with E-state index in [1.54, 1.807) is 21.3 Å². The molecule has 4 heteroatoms. The molecule has 108 valence electrons. The molecule has 3 nitrogen and oxygen atoms in total. The molecule has 2 rings (SSSR count). The van der Waals surface area contributed by atoms with E-state index in [0.29, 0.717) is 0 Å². The third kappa shape index (κ3) is 3.40. The molecule has 0 amide bonds. The van der Waals surface area contributed by atoms with Crippen molar-refractivity contribution >= 4 is 25.5 Å². The minimum atomic E-state index is 0.779. The normalized spacial score (nSPS) is 10.6. The molecule has 0 bridgehead atoms. The van der Waals surface area contributed by atoms with E-state index in [1.165, 1.54) is 0 Å². The highest BCUT2D eigenvalue weighted by Gasteiger charge is 2.04. The molecule has 0 heterocycles. The number of rotatable bonds is 5. The molecule has 2 aromatic rings. The highest BCUT2D eigenvalue weighted by atomic mass is 16.5. The molecule has 0 unspecified atom stereocenters. The van der Waals surface area contributed by atoms with Gasteiger partial charge in [0.2, 0.25) is 0 Å². The molecular formula is C17H19BO3. The van der Waals surface area contributed by atoms with E-state index in [4.69, 9.17) is 14.2 Å². The first-order valence-electron chi connectivity index (χ1n) is 6.73. The Morgan fingerprint density at radius 2 is 1.52 bits per heavy atom. The maximum atomic E-state index is 5.40. The summed E-state index contributed by atoms with van der Waals surface area (Å²) in [7, 11) is 7.03. The number of hydrogen-bond donors (Lipinski definition) is 0. The molecule has 0 aromatic heterocycles. The van der Waals surface area contributed by atoms with Gasteiger partial charge >= 0.3 is 0 Å². The zero-order valence-corrected chi connectivity index (χ0v) is 12.8. The molecule has 0 aliphatic heterocycles. The van der Waals surface area contributed by atoms with E-state index in [1.807, 2.05) is 44.3 Å². The van der Waals surface area contributed by atoms with Crippen molar-refractivity contribution in [2.75, 3.05) is 21.3 Å². The van der Waals surface area contributed by atoms with Gasteiger partial charge in [-0.15, -0.1) is 0 Å². The highest BCUT2D eigenvalue weighted by molar-refractivity contribution is 6.36. The SMILES string of the molecule is Bc1c(/C=C/c2ccc(OC)cc2OC)cccc1OC. The summed E-state index contributed by atoms with van der Waals surface area (Å²) in [5.41, 5.74) is 3.23. The summed E-state index contributed by atoms with van der Waals surface area (Å²) in [6, 6.07) is 11.8. The summed E-state index contributed by atoms with van der Waals surface area (Å²) < 4.78 is 15.9. The summed E-state index contributed by atoms with van der Waals surface area (Å²) in [6.07, 6.45) is 4.09. The largest absolute Gasteiger partial charge is 0.497 e. The Morgan fingerprint density at radius 3 is 2.19 bits per heavy atom. The molecule has 0 fully saturated rings. The van der Waals surface area contributed by atoms with Gasteiger partial charge in [-0.2, -0.15) is 0 Å². The number of benzene rings is 2. The molecule has 2 aromatic carbocycles. The van der Waals surface area contributed by atoms with Crippen LogP contribution < -0.4 is 19.7 Å². The zero-order chi connectivity index (χ0) is 15.2. The van der Waals surface area contributed by atoms with Crippen molar-refractivity contribution in [3.8, 4) is 17.2 Å². The Morgan fingerprint density at radius 1 is 0.810 bits per heavy atom. The maximum absolute atomic E-state index is 5.40. The molecule has 0 aliphatic carbocycles. The predicted molar refractivity (Wildman–Crippen MR) is 89.6 cm³/mol. The van der Waals surface area contributed by atoms with Gasteiger partial charge in [0.15, 0.2) is 0 Å². The second-order valence-electron chi connectivity index (χ2n) is 4.62. The highest BCUT2D eigenvalue weighted by Crippen LogP contribution is 2.26. The number of hydrogen-bond acceptors (Lipinski definition) is 3. The average molecular weight is 282 g/mol. The lowest BCUT2D eigenvalue weighted by Gasteiger charge is -2.09. The minimum Gasteiger partial charge on any atom is -0.497 e. The first-order chi connectivity index (χ1) is 10.2. The van der Waals surface area contributed by atoms with Crippen LogP contribution in [0.3, 0.4) is 0 Å². The van der Waals surface area contributed by atoms with Gasteiger partial charge in [0.05, 0.1) is 21.3 Å². The zero-order valence-electron chi connectivity index (χ0n) is 12.8. The van der Waals surface area contributed by atoms with Gasteiger partial charge in [-0.25, -0.2) is 0 Å². The van der Waals surface area contributed by atoms with Crippen molar-refractivity contribution < 1.29 is 14.2 Å². The molecule has 0 saturated heterocycles. The van der Waals surface area contributed by atoms with Crippen LogP contribution >= 0.6 is 0 Å². The molecule has 0 atom stereocenters. The molecule has 0 aliphatic rings. The van der Waals surface area contributed by atoms with Crippen LogP contribution in [0.15, 0.2) is 36.4 Å². The molecule has 0 spiro atoms. The third-order valence-electron chi connectivity index (χ3n) is 3.43. The fourth-order valence-corrected chi connectivity index (χ4v) is 2.17. The Labute approximate surface area is 126 Å². The van der Waals surface area contributed by atoms with Gasteiger partial charge in [-0.05, 0) is 29.2 Å². The Hall–Kier alpha value is -2.36. The van der Waals surface area contributed by atoms with E-state index in [-0.39, 0.29) is 0 Å². The monoisotopic (exact) mass is 282 g/mol. The lowest BCUT2D eigenvalue weighted by molar-refractivity contribution is 0.394. The molecule has 21 heavy (non-hydrogen) atoms. The van der Waals surface area contributed by atoms with E-state index in [2.05, 4.69) is 12.1 Å². The van der Waals surface area contributed by atoms with E-state index >= 15 is 0 Å². The Kier molecular flexibility index (Phi) is 4.93. The van der Waals surface area contributed by atoms with Gasteiger partial charge in [-0.1, -0.05) is 24.3 Å². The van der Waals surface area contributed by atoms with Gasteiger partial charge < -0.3 is 14.2 Å². The topological polar surface area (TPSA) is 27.7 Å². The first kappa shape index (κ1) is 15.0. The Balaban J connectivity index is 2.33. The number of ether oxygens (including phenoxy) is 3. The maximum Gasteiger partial charge on any atom is 0.145 e. The van der Waals surface area contributed by atoms with Crippen molar-refractivity contribution in [1.29, 1.82) is 0 Å². The average Bonchev–Trinajstić information content (AvgIpc) is 2.53. The number of methoxy groups -OCH3 is 3. The summed E-state index contributed by atoms with van der Waals surface area (Å²) >= 11 is 0. The summed E-state index contributed by atoms with van der Waals surface area (Å²) in [5, 5.41) is 0. The van der Waals surface area contributed by atoms with Crippen LogP contribution in [0.1, 0.15) is 11.1 Å². The minimum absolute atomic E-state index is 0.779. The van der Waals surface area contributed by atoms with E-state index < -0.39 is 0 Å². The van der Waals surface area contributed by atoms with Crippen molar-refractivity contribution in [2.24, 2.45) is 0 Å². The van der Waals surface area contributed by atoms with E-state index in [9.17, 15) is 0 Å². The first-order valence-corrected chi connectivity index (χ1v) is 6.73. The Bertz CT molecular complexity index is 650. The molecule has 0 radical (unpaired) electrons. The van der Waals surface area contributed by atoms with Gasteiger partial charge in [0.25, 0.3) is 0 Å². The van der Waals surface area contributed by atoms with Crippen molar-refractivity contribution in [2.45, 2.75) is 0 Å². The van der Waals surface area contributed by atoms with Crippen LogP contribution in [0.2, 0.25) is 0 Å². The van der Waals surface area contributed by atoms with E-state index in [0.717, 1.165) is 33.8 Å². The van der Waals surface area contributed by atoms with Gasteiger partial charge in [-0.3, -0.25) is 0 Å². The molecular weight excluding hydrogens is 263 g/mol. The van der Waals surface area contributed by atoms with Crippen LogP contribution in [-0.2, 0) is 0 Å². The summed E-state index contributed by atoms with van der Waals surface area (Å²) in [6.45, 7) is 0. The van der Waals surface area contributed by atoms with Crippen LogP contribution in [0.5, 0.6) is 17.2 Å². The second-order valence-corrected chi connectivity index (χ2v) is 4.62. The third-order valence-corrected chi connectivity index (χ3v) is 3.43. The van der Waals surface area contributed by atoms with Crippen LogP contribution in [0, 0.1) is 0 Å². The smallest absolute Gasteiger partial charge is 0.145 e. The predicted octanol–water partition coefficient (Wildman–Crippen LogP) is 2.14.